The SMILES string of the molecule is COc1ccc(C2C(C(=O)Nc3ccccc3)=C(C)Nc3nc(-c4ccc(C(C)(C)C)cc4)nn32)cc1OC. The van der Waals surface area contributed by atoms with Gasteiger partial charge in [-0.15, -0.1) is 5.10 Å². The van der Waals surface area contributed by atoms with Crippen LogP contribution in [0.15, 0.2) is 84.1 Å². The largest absolute Gasteiger partial charge is 0.493 e. The smallest absolute Gasteiger partial charge is 0.255 e. The summed E-state index contributed by atoms with van der Waals surface area (Å²) in [5, 5.41) is 11.2. The van der Waals surface area contributed by atoms with Gasteiger partial charge in [0.1, 0.15) is 6.04 Å². The average molecular weight is 524 g/mol. The number of nitrogens with zero attached hydrogens (tertiary/aromatic N) is 3. The van der Waals surface area contributed by atoms with Gasteiger partial charge in [-0.1, -0.05) is 69.3 Å². The van der Waals surface area contributed by atoms with Crippen LogP contribution in [0.2, 0.25) is 0 Å². The molecular weight excluding hydrogens is 490 g/mol. The zero-order valence-corrected chi connectivity index (χ0v) is 23.1. The van der Waals surface area contributed by atoms with Gasteiger partial charge in [-0.25, -0.2) is 4.68 Å². The zero-order chi connectivity index (χ0) is 27.7. The Morgan fingerprint density at radius 3 is 2.28 bits per heavy atom. The van der Waals surface area contributed by atoms with Crippen LogP contribution in [-0.4, -0.2) is 34.9 Å². The lowest BCUT2D eigenvalue weighted by molar-refractivity contribution is -0.113. The third-order valence-corrected chi connectivity index (χ3v) is 6.86. The number of ether oxygens (including phenoxy) is 2. The van der Waals surface area contributed by atoms with Crippen LogP contribution in [0.1, 0.15) is 44.9 Å². The number of anilines is 2. The molecule has 0 aliphatic carbocycles. The van der Waals surface area contributed by atoms with Gasteiger partial charge >= 0.3 is 0 Å². The third-order valence-electron chi connectivity index (χ3n) is 6.86. The minimum absolute atomic E-state index is 0.0432. The number of fused-ring (bicyclic) bond motifs is 1. The van der Waals surface area contributed by atoms with Crippen molar-refractivity contribution in [2.75, 3.05) is 24.9 Å². The summed E-state index contributed by atoms with van der Waals surface area (Å²) in [6.45, 7) is 8.43. The van der Waals surface area contributed by atoms with Crippen LogP contribution in [-0.2, 0) is 10.2 Å². The fraction of sp³-hybridized carbons (Fsp3) is 0.258. The molecular formula is C31H33N5O3. The summed E-state index contributed by atoms with van der Waals surface area (Å²) < 4.78 is 12.8. The van der Waals surface area contributed by atoms with Crippen LogP contribution in [0, 0.1) is 0 Å². The molecule has 39 heavy (non-hydrogen) atoms. The predicted octanol–water partition coefficient (Wildman–Crippen LogP) is 6.19. The molecule has 1 unspecified atom stereocenters. The van der Waals surface area contributed by atoms with Gasteiger partial charge in [-0.2, -0.15) is 4.98 Å². The van der Waals surface area contributed by atoms with Gasteiger partial charge in [0.25, 0.3) is 5.91 Å². The molecule has 0 radical (unpaired) electrons. The number of hydrogen-bond acceptors (Lipinski definition) is 6. The second kappa shape index (κ2) is 10.3. The van der Waals surface area contributed by atoms with Gasteiger partial charge in [0, 0.05) is 16.9 Å². The fourth-order valence-corrected chi connectivity index (χ4v) is 4.74. The lowest BCUT2D eigenvalue weighted by Crippen LogP contribution is -2.31. The standard InChI is InChI=1S/C31H33N5O3/c1-19-26(29(37)33-23-10-8-7-9-11-23)27(21-14-17-24(38-5)25(18-21)39-6)36-30(32-19)34-28(35-36)20-12-15-22(16-13-20)31(2,3)4/h7-18,27H,1-6H3,(H,33,37)(H,32,34,35). The zero-order valence-electron chi connectivity index (χ0n) is 23.1. The number of amides is 1. The molecule has 1 aromatic heterocycles. The number of benzene rings is 3. The van der Waals surface area contributed by atoms with Gasteiger partial charge < -0.3 is 20.1 Å². The van der Waals surface area contributed by atoms with Crippen molar-refractivity contribution in [2.24, 2.45) is 0 Å². The number of methoxy groups -OCH3 is 2. The van der Waals surface area contributed by atoms with E-state index in [-0.39, 0.29) is 11.3 Å². The minimum atomic E-state index is -0.556. The van der Waals surface area contributed by atoms with Gasteiger partial charge in [0.05, 0.1) is 19.8 Å². The highest BCUT2D eigenvalue weighted by Crippen LogP contribution is 2.40. The highest BCUT2D eigenvalue weighted by atomic mass is 16.5. The quantitative estimate of drug-likeness (QED) is 0.313. The molecule has 0 fully saturated rings. The Balaban J connectivity index is 1.60. The van der Waals surface area contributed by atoms with Crippen LogP contribution in [0.4, 0.5) is 11.6 Å². The van der Waals surface area contributed by atoms with Crippen LogP contribution >= 0.6 is 0 Å². The van der Waals surface area contributed by atoms with E-state index in [2.05, 4.69) is 43.5 Å². The van der Waals surface area contributed by atoms with Crippen molar-refractivity contribution in [3.8, 4) is 22.9 Å². The molecule has 1 aliphatic rings. The first-order chi connectivity index (χ1) is 18.7. The Labute approximate surface area is 228 Å². The molecule has 8 heteroatoms. The number of allylic oxidation sites excluding steroid dienone is 1. The molecule has 3 aromatic carbocycles. The number of hydrogen-bond donors (Lipinski definition) is 2. The van der Waals surface area contributed by atoms with E-state index in [0.29, 0.717) is 40.2 Å². The number of carbonyl (C=O) groups excluding carboxylic acids is 1. The van der Waals surface area contributed by atoms with Crippen LogP contribution in [0.25, 0.3) is 11.4 Å². The number of rotatable bonds is 6. The van der Waals surface area contributed by atoms with Gasteiger partial charge in [-0.05, 0) is 47.7 Å². The molecule has 200 valence electrons. The fourth-order valence-electron chi connectivity index (χ4n) is 4.74. The molecule has 8 nitrogen and oxygen atoms in total. The van der Waals surface area contributed by atoms with Crippen molar-refractivity contribution < 1.29 is 14.3 Å². The molecule has 0 saturated carbocycles. The highest BCUT2D eigenvalue weighted by Gasteiger charge is 2.35. The summed E-state index contributed by atoms with van der Waals surface area (Å²) in [6, 6.07) is 22.8. The molecule has 1 amide bonds. The normalized spacial score (nSPS) is 14.9. The van der Waals surface area contributed by atoms with E-state index >= 15 is 0 Å². The number of carbonyl (C=O) groups is 1. The molecule has 2 N–H and O–H groups in total. The number of nitrogens with one attached hydrogen (secondary N) is 2. The van der Waals surface area contributed by atoms with Gasteiger partial charge in [-0.3, -0.25) is 4.79 Å². The molecule has 1 aliphatic heterocycles. The molecule has 0 spiro atoms. The number of aromatic nitrogens is 3. The predicted molar refractivity (Wildman–Crippen MR) is 153 cm³/mol. The number of para-hydroxylation sites is 1. The van der Waals surface area contributed by atoms with E-state index in [1.54, 1.807) is 18.9 Å². The topological polar surface area (TPSA) is 90.3 Å². The lowest BCUT2D eigenvalue weighted by atomic mass is 9.87. The van der Waals surface area contributed by atoms with Gasteiger partial charge in [0.15, 0.2) is 17.3 Å². The van der Waals surface area contributed by atoms with Crippen molar-refractivity contribution in [3.05, 3.63) is 95.2 Å². The van der Waals surface area contributed by atoms with Crippen molar-refractivity contribution in [1.29, 1.82) is 0 Å². The summed E-state index contributed by atoms with van der Waals surface area (Å²) in [4.78, 5) is 18.5. The first-order valence-electron chi connectivity index (χ1n) is 12.8. The second-order valence-corrected chi connectivity index (χ2v) is 10.5. The van der Waals surface area contributed by atoms with E-state index in [4.69, 9.17) is 19.6 Å². The maximum atomic E-state index is 13.7. The van der Waals surface area contributed by atoms with E-state index in [1.807, 2.05) is 67.6 Å². The first kappa shape index (κ1) is 26.0. The monoisotopic (exact) mass is 523 g/mol. The maximum Gasteiger partial charge on any atom is 0.255 e. The Hall–Kier alpha value is -4.59. The molecule has 0 bridgehead atoms. The minimum Gasteiger partial charge on any atom is -0.493 e. The van der Waals surface area contributed by atoms with E-state index in [1.165, 1.54) is 5.56 Å². The van der Waals surface area contributed by atoms with Gasteiger partial charge in [0.2, 0.25) is 5.95 Å². The first-order valence-corrected chi connectivity index (χ1v) is 12.8. The highest BCUT2D eigenvalue weighted by molar-refractivity contribution is 6.06. The Kier molecular flexibility index (Phi) is 6.87. The summed E-state index contributed by atoms with van der Waals surface area (Å²) in [5.74, 6) is 2.06. The maximum absolute atomic E-state index is 13.7. The van der Waals surface area contributed by atoms with Crippen molar-refractivity contribution in [3.63, 3.8) is 0 Å². The Morgan fingerprint density at radius 1 is 0.949 bits per heavy atom. The van der Waals surface area contributed by atoms with Crippen molar-refractivity contribution in [1.82, 2.24) is 14.8 Å². The average Bonchev–Trinajstić information content (AvgIpc) is 3.35. The molecule has 0 saturated heterocycles. The van der Waals surface area contributed by atoms with Crippen molar-refractivity contribution >= 4 is 17.5 Å². The summed E-state index contributed by atoms with van der Waals surface area (Å²) in [5.41, 5.74) is 4.91. The third kappa shape index (κ3) is 5.10. The Morgan fingerprint density at radius 2 is 1.64 bits per heavy atom. The molecule has 5 rings (SSSR count). The van der Waals surface area contributed by atoms with E-state index in [9.17, 15) is 4.79 Å². The van der Waals surface area contributed by atoms with Crippen molar-refractivity contribution in [2.45, 2.75) is 39.2 Å². The molecule has 4 aromatic rings. The summed E-state index contributed by atoms with van der Waals surface area (Å²) in [7, 11) is 3.19. The molecule has 2 heterocycles. The molecule has 1 atom stereocenters. The van der Waals surface area contributed by atoms with Crippen LogP contribution < -0.4 is 20.1 Å². The van der Waals surface area contributed by atoms with E-state index < -0.39 is 6.04 Å². The lowest BCUT2D eigenvalue weighted by Gasteiger charge is -2.29. The summed E-state index contributed by atoms with van der Waals surface area (Å²) >= 11 is 0. The summed E-state index contributed by atoms with van der Waals surface area (Å²) in [6.07, 6.45) is 0. The van der Waals surface area contributed by atoms with Crippen LogP contribution in [0.5, 0.6) is 11.5 Å². The van der Waals surface area contributed by atoms with E-state index in [0.717, 1.165) is 11.1 Å². The van der Waals surface area contributed by atoms with Crippen LogP contribution in [0.3, 0.4) is 0 Å². The second-order valence-electron chi connectivity index (χ2n) is 10.5. The Bertz CT molecular complexity index is 1530.